The quantitative estimate of drug-likeness (QED) is 0.438. The van der Waals surface area contributed by atoms with Crippen molar-refractivity contribution in [2.75, 3.05) is 25.7 Å². The molecule has 8 nitrogen and oxygen atoms in total. The summed E-state index contributed by atoms with van der Waals surface area (Å²) in [5, 5.41) is 3.23. The summed E-state index contributed by atoms with van der Waals surface area (Å²) in [5.74, 6) is 1.38. The number of hydrogen-bond donors (Lipinski definition) is 1. The van der Waals surface area contributed by atoms with E-state index in [0.29, 0.717) is 34.2 Å². The van der Waals surface area contributed by atoms with Crippen LogP contribution in [0, 0.1) is 0 Å². The van der Waals surface area contributed by atoms with Crippen molar-refractivity contribution in [1.82, 2.24) is 5.32 Å². The number of nitrogens with one attached hydrogen (secondary N) is 1. The van der Waals surface area contributed by atoms with Crippen LogP contribution < -0.4 is 29.2 Å². The van der Waals surface area contributed by atoms with Gasteiger partial charge in [0, 0.05) is 17.8 Å². The lowest BCUT2D eigenvalue weighted by molar-refractivity contribution is -0.132. The summed E-state index contributed by atoms with van der Waals surface area (Å²) in [6.07, 6.45) is 4.21. The molecule has 1 fully saturated rings. The van der Waals surface area contributed by atoms with Crippen LogP contribution in [0.1, 0.15) is 43.7 Å². The van der Waals surface area contributed by atoms with E-state index in [2.05, 4.69) is 5.32 Å². The molecule has 2 atom stereocenters. The first kappa shape index (κ1) is 26.4. The number of fused-ring (bicyclic) bond motifs is 1. The first-order chi connectivity index (χ1) is 19.1. The average molecular weight is 531 g/mol. The normalized spacial score (nSPS) is 17.5. The SMILES string of the molecule is COc1ccc(N(C(=O)[C@H]2COc3ccccc3O2)[C@@H](C(=O)NC2CCCCC2)c2ccccc2)cc1OC. The second-order valence-electron chi connectivity index (χ2n) is 9.77. The molecule has 0 saturated heterocycles. The van der Waals surface area contributed by atoms with Gasteiger partial charge in [-0.3, -0.25) is 14.5 Å². The maximum atomic E-state index is 14.3. The van der Waals surface area contributed by atoms with Crippen LogP contribution in [0.15, 0.2) is 72.8 Å². The molecule has 1 aliphatic carbocycles. The minimum absolute atomic E-state index is 0.0192. The Labute approximate surface area is 228 Å². The third kappa shape index (κ3) is 5.79. The number of ether oxygens (including phenoxy) is 4. The molecule has 0 bridgehead atoms. The molecular formula is C31H34N2O6. The van der Waals surface area contributed by atoms with E-state index in [1.807, 2.05) is 42.5 Å². The second kappa shape index (κ2) is 12.1. The molecule has 39 heavy (non-hydrogen) atoms. The number of nitrogens with zero attached hydrogens (tertiary/aromatic N) is 1. The number of anilines is 1. The van der Waals surface area contributed by atoms with Crippen LogP contribution in [0.5, 0.6) is 23.0 Å². The van der Waals surface area contributed by atoms with E-state index in [-0.39, 0.29) is 18.6 Å². The molecule has 0 aromatic heterocycles. The Balaban J connectivity index is 1.57. The summed E-state index contributed by atoms with van der Waals surface area (Å²) in [5.41, 5.74) is 1.17. The van der Waals surface area contributed by atoms with Crippen molar-refractivity contribution >= 4 is 17.5 Å². The fourth-order valence-electron chi connectivity index (χ4n) is 5.25. The molecule has 2 aliphatic rings. The summed E-state index contributed by atoms with van der Waals surface area (Å²) in [7, 11) is 3.09. The fraction of sp³-hybridized carbons (Fsp3) is 0.355. The Bertz CT molecular complexity index is 1290. The highest BCUT2D eigenvalue weighted by atomic mass is 16.6. The van der Waals surface area contributed by atoms with Crippen LogP contribution in [0.4, 0.5) is 5.69 Å². The Kier molecular flexibility index (Phi) is 8.20. The van der Waals surface area contributed by atoms with Crippen LogP contribution in [-0.2, 0) is 9.59 Å². The molecule has 0 unspecified atom stereocenters. The number of amides is 2. The Hall–Kier alpha value is -4.20. The minimum Gasteiger partial charge on any atom is -0.493 e. The molecule has 0 spiro atoms. The van der Waals surface area contributed by atoms with Crippen LogP contribution in [0.2, 0.25) is 0 Å². The molecule has 1 N–H and O–H groups in total. The van der Waals surface area contributed by atoms with E-state index in [1.54, 1.807) is 37.4 Å². The van der Waals surface area contributed by atoms with Crippen LogP contribution in [0.25, 0.3) is 0 Å². The standard InChI is InChI=1S/C31H34N2O6/c1-36-24-18-17-23(19-27(24)37-2)33(31(35)28-20-38-25-15-9-10-16-26(25)39-28)29(21-11-5-3-6-12-21)30(34)32-22-13-7-4-8-14-22/h3,5-6,9-12,15-19,22,28-29H,4,7-8,13-14,20H2,1-2H3,(H,32,34)/t28-,29-/m1/s1. The lowest BCUT2D eigenvalue weighted by Crippen LogP contribution is -2.52. The molecule has 1 aliphatic heterocycles. The first-order valence-electron chi connectivity index (χ1n) is 13.4. The van der Waals surface area contributed by atoms with E-state index < -0.39 is 18.1 Å². The molecule has 3 aromatic rings. The first-order valence-corrected chi connectivity index (χ1v) is 13.4. The van der Waals surface area contributed by atoms with E-state index in [1.165, 1.54) is 18.4 Å². The zero-order chi connectivity index (χ0) is 27.2. The van der Waals surface area contributed by atoms with Crippen molar-refractivity contribution in [2.24, 2.45) is 0 Å². The van der Waals surface area contributed by atoms with E-state index in [0.717, 1.165) is 25.7 Å². The Morgan fingerprint density at radius 1 is 0.872 bits per heavy atom. The minimum atomic E-state index is -0.957. The van der Waals surface area contributed by atoms with Crippen molar-refractivity contribution in [3.63, 3.8) is 0 Å². The highest BCUT2D eigenvalue weighted by Crippen LogP contribution is 2.38. The smallest absolute Gasteiger partial charge is 0.272 e. The largest absolute Gasteiger partial charge is 0.493 e. The number of methoxy groups -OCH3 is 2. The summed E-state index contributed by atoms with van der Waals surface area (Å²) in [6.45, 7) is 0.0192. The zero-order valence-corrected chi connectivity index (χ0v) is 22.3. The fourth-order valence-corrected chi connectivity index (χ4v) is 5.25. The molecule has 8 heteroatoms. The maximum absolute atomic E-state index is 14.3. The van der Waals surface area contributed by atoms with Gasteiger partial charge < -0.3 is 24.3 Å². The van der Waals surface area contributed by atoms with Crippen molar-refractivity contribution in [2.45, 2.75) is 50.3 Å². The van der Waals surface area contributed by atoms with Gasteiger partial charge in [0.15, 0.2) is 23.0 Å². The van der Waals surface area contributed by atoms with Crippen molar-refractivity contribution in [3.8, 4) is 23.0 Å². The van der Waals surface area contributed by atoms with Gasteiger partial charge in [0.1, 0.15) is 12.6 Å². The van der Waals surface area contributed by atoms with Gasteiger partial charge in [0.2, 0.25) is 12.0 Å². The Morgan fingerprint density at radius 2 is 1.56 bits per heavy atom. The number of carbonyl (C=O) groups is 2. The van der Waals surface area contributed by atoms with Gasteiger partial charge in [0.25, 0.3) is 5.91 Å². The van der Waals surface area contributed by atoms with Crippen LogP contribution in [0.3, 0.4) is 0 Å². The third-order valence-corrected chi connectivity index (χ3v) is 7.24. The summed E-state index contributed by atoms with van der Waals surface area (Å²) < 4.78 is 23.0. The monoisotopic (exact) mass is 530 g/mol. The number of benzene rings is 3. The van der Waals surface area contributed by atoms with Crippen LogP contribution in [-0.4, -0.2) is 44.8 Å². The van der Waals surface area contributed by atoms with Gasteiger partial charge >= 0.3 is 0 Å². The predicted molar refractivity (Wildman–Crippen MR) is 148 cm³/mol. The van der Waals surface area contributed by atoms with Crippen molar-refractivity contribution in [1.29, 1.82) is 0 Å². The number of para-hydroxylation sites is 2. The number of hydrogen-bond acceptors (Lipinski definition) is 6. The molecule has 1 saturated carbocycles. The van der Waals surface area contributed by atoms with Crippen molar-refractivity contribution in [3.05, 3.63) is 78.4 Å². The topological polar surface area (TPSA) is 86.3 Å². The summed E-state index contributed by atoms with van der Waals surface area (Å²) >= 11 is 0. The van der Waals surface area contributed by atoms with E-state index >= 15 is 0 Å². The molecule has 1 heterocycles. The molecule has 2 amide bonds. The second-order valence-corrected chi connectivity index (χ2v) is 9.77. The van der Waals surface area contributed by atoms with Gasteiger partial charge in [-0.2, -0.15) is 0 Å². The zero-order valence-electron chi connectivity index (χ0n) is 22.3. The maximum Gasteiger partial charge on any atom is 0.272 e. The molecule has 3 aromatic carbocycles. The van der Waals surface area contributed by atoms with Gasteiger partial charge in [-0.15, -0.1) is 0 Å². The summed E-state index contributed by atoms with van der Waals surface area (Å²) in [6, 6.07) is 20.9. The van der Waals surface area contributed by atoms with Gasteiger partial charge in [0.05, 0.1) is 14.2 Å². The Morgan fingerprint density at radius 3 is 2.28 bits per heavy atom. The molecule has 0 radical (unpaired) electrons. The number of rotatable bonds is 8. The lowest BCUT2D eigenvalue weighted by Gasteiger charge is -2.36. The highest BCUT2D eigenvalue weighted by Gasteiger charge is 2.40. The van der Waals surface area contributed by atoms with Crippen molar-refractivity contribution < 1.29 is 28.5 Å². The van der Waals surface area contributed by atoms with Gasteiger partial charge in [-0.1, -0.05) is 61.7 Å². The summed E-state index contributed by atoms with van der Waals surface area (Å²) in [4.78, 5) is 29.9. The molecular weight excluding hydrogens is 496 g/mol. The highest BCUT2D eigenvalue weighted by molar-refractivity contribution is 6.04. The van der Waals surface area contributed by atoms with E-state index in [9.17, 15) is 9.59 Å². The number of carbonyl (C=O) groups excluding carboxylic acids is 2. The average Bonchev–Trinajstić information content (AvgIpc) is 2.99. The molecule has 204 valence electrons. The predicted octanol–water partition coefficient (Wildman–Crippen LogP) is 5.07. The van der Waals surface area contributed by atoms with Gasteiger partial charge in [-0.25, -0.2) is 0 Å². The third-order valence-electron chi connectivity index (χ3n) is 7.24. The molecule has 5 rings (SSSR count). The van der Waals surface area contributed by atoms with Gasteiger partial charge in [-0.05, 0) is 42.7 Å². The van der Waals surface area contributed by atoms with E-state index in [4.69, 9.17) is 18.9 Å². The van der Waals surface area contributed by atoms with Crippen LogP contribution >= 0.6 is 0 Å². The lowest BCUT2D eigenvalue weighted by atomic mass is 9.94.